The van der Waals surface area contributed by atoms with Crippen LogP contribution in [0.3, 0.4) is 0 Å². The molecular formula is C13H24N2O3. The first-order valence-electron chi connectivity index (χ1n) is 6.60. The van der Waals surface area contributed by atoms with Crippen LogP contribution in [-0.2, 0) is 4.79 Å². The molecule has 0 aromatic heterocycles. The summed E-state index contributed by atoms with van der Waals surface area (Å²) in [4.78, 5) is 22.7. The van der Waals surface area contributed by atoms with Crippen molar-refractivity contribution in [2.75, 3.05) is 0 Å². The standard InChI is InChI=1S/C13H24N2O3/c1-5-9-6-7-10(8(9)2)14-12(18)15-13(3,4)11(16)17/h8-10H,5-7H2,1-4H3,(H,16,17)(H2,14,15,18). The summed E-state index contributed by atoms with van der Waals surface area (Å²) in [7, 11) is 0. The van der Waals surface area contributed by atoms with E-state index in [1.54, 1.807) is 0 Å². The molecule has 1 saturated carbocycles. The molecule has 5 heteroatoms. The summed E-state index contributed by atoms with van der Waals surface area (Å²) in [6.45, 7) is 7.26. The van der Waals surface area contributed by atoms with Crippen molar-refractivity contribution in [3.63, 3.8) is 0 Å². The molecule has 0 spiro atoms. The molecule has 1 rings (SSSR count). The van der Waals surface area contributed by atoms with Crippen LogP contribution in [0, 0.1) is 11.8 Å². The van der Waals surface area contributed by atoms with Gasteiger partial charge in [0, 0.05) is 6.04 Å². The van der Waals surface area contributed by atoms with Crippen LogP contribution in [-0.4, -0.2) is 28.7 Å². The lowest BCUT2D eigenvalue weighted by atomic mass is 9.93. The van der Waals surface area contributed by atoms with Crippen molar-refractivity contribution in [2.45, 2.75) is 58.5 Å². The minimum absolute atomic E-state index is 0.152. The van der Waals surface area contributed by atoms with Gasteiger partial charge in [0.1, 0.15) is 5.54 Å². The molecule has 0 heterocycles. The molecule has 3 N–H and O–H groups in total. The lowest BCUT2D eigenvalue weighted by molar-refractivity contribution is -0.142. The summed E-state index contributed by atoms with van der Waals surface area (Å²) in [5.41, 5.74) is -1.24. The number of carbonyl (C=O) groups excluding carboxylic acids is 1. The van der Waals surface area contributed by atoms with E-state index in [9.17, 15) is 9.59 Å². The molecule has 2 amide bonds. The zero-order valence-corrected chi connectivity index (χ0v) is 11.6. The first-order chi connectivity index (χ1) is 8.27. The van der Waals surface area contributed by atoms with E-state index in [0.717, 1.165) is 19.3 Å². The zero-order valence-electron chi connectivity index (χ0n) is 11.6. The van der Waals surface area contributed by atoms with Crippen LogP contribution in [0.1, 0.15) is 47.0 Å². The van der Waals surface area contributed by atoms with Gasteiger partial charge in [-0.3, -0.25) is 0 Å². The highest BCUT2D eigenvalue weighted by atomic mass is 16.4. The Hall–Kier alpha value is -1.26. The van der Waals surface area contributed by atoms with Crippen LogP contribution in [0.4, 0.5) is 4.79 Å². The summed E-state index contributed by atoms with van der Waals surface area (Å²) >= 11 is 0. The largest absolute Gasteiger partial charge is 0.480 e. The van der Waals surface area contributed by atoms with Gasteiger partial charge in [-0.05, 0) is 38.5 Å². The van der Waals surface area contributed by atoms with Crippen LogP contribution in [0.25, 0.3) is 0 Å². The maximum Gasteiger partial charge on any atom is 0.328 e. The van der Waals surface area contributed by atoms with Crippen molar-refractivity contribution in [1.29, 1.82) is 0 Å². The number of amides is 2. The fourth-order valence-corrected chi connectivity index (χ4v) is 2.57. The highest BCUT2D eigenvalue weighted by molar-refractivity contribution is 5.85. The molecular weight excluding hydrogens is 232 g/mol. The number of hydrogen-bond acceptors (Lipinski definition) is 2. The second-order valence-corrected chi connectivity index (χ2v) is 5.74. The fraction of sp³-hybridized carbons (Fsp3) is 0.846. The molecule has 0 aliphatic heterocycles. The van der Waals surface area contributed by atoms with Crippen LogP contribution < -0.4 is 10.6 Å². The molecule has 0 saturated heterocycles. The van der Waals surface area contributed by atoms with E-state index in [1.807, 2.05) is 0 Å². The van der Waals surface area contributed by atoms with Gasteiger partial charge in [0.15, 0.2) is 0 Å². The molecule has 0 radical (unpaired) electrons. The Morgan fingerprint density at radius 3 is 2.39 bits per heavy atom. The molecule has 0 aromatic rings. The van der Waals surface area contributed by atoms with E-state index in [4.69, 9.17) is 5.11 Å². The number of aliphatic carboxylic acids is 1. The highest BCUT2D eigenvalue weighted by Gasteiger charge is 2.34. The molecule has 18 heavy (non-hydrogen) atoms. The predicted molar refractivity (Wildman–Crippen MR) is 69.3 cm³/mol. The van der Waals surface area contributed by atoms with E-state index >= 15 is 0 Å². The average molecular weight is 256 g/mol. The third kappa shape index (κ3) is 3.37. The Labute approximate surface area is 108 Å². The number of nitrogens with one attached hydrogen (secondary N) is 2. The summed E-state index contributed by atoms with van der Waals surface area (Å²) < 4.78 is 0. The maximum atomic E-state index is 11.8. The van der Waals surface area contributed by atoms with Gasteiger partial charge in [0.05, 0.1) is 0 Å². The molecule has 1 aliphatic rings. The summed E-state index contributed by atoms with van der Waals surface area (Å²) in [6, 6.07) is -0.240. The number of carboxylic acids is 1. The maximum absolute atomic E-state index is 11.8. The molecule has 104 valence electrons. The minimum atomic E-state index is -1.24. The topological polar surface area (TPSA) is 78.4 Å². The summed E-state index contributed by atoms with van der Waals surface area (Å²) in [5.74, 6) is 0.0695. The van der Waals surface area contributed by atoms with Gasteiger partial charge in [-0.25, -0.2) is 9.59 Å². The quantitative estimate of drug-likeness (QED) is 0.719. The van der Waals surface area contributed by atoms with Crippen LogP contribution in [0.2, 0.25) is 0 Å². The zero-order chi connectivity index (χ0) is 13.9. The summed E-state index contributed by atoms with van der Waals surface area (Å²) in [5, 5.41) is 14.3. The number of hydrogen-bond donors (Lipinski definition) is 3. The van der Waals surface area contributed by atoms with Crippen LogP contribution in [0.15, 0.2) is 0 Å². The number of carboxylic acid groups (broad SMARTS) is 1. The predicted octanol–water partition coefficient (Wildman–Crippen LogP) is 1.97. The van der Waals surface area contributed by atoms with Crippen molar-refractivity contribution >= 4 is 12.0 Å². The number of carbonyl (C=O) groups is 2. The van der Waals surface area contributed by atoms with Gasteiger partial charge in [-0.15, -0.1) is 0 Å². The van der Waals surface area contributed by atoms with Gasteiger partial charge < -0.3 is 15.7 Å². The average Bonchev–Trinajstić information content (AvgIpc) is 2.59. The van der Waals surface area contributed by atoms with E-state index in [-0.39, 0.29) is 6.04 Å². The van der Waals surface area contributed by atoms with E-state index in [0.29, 0.717) is 11.8 Å². The van der Waals surface area contributed by atoms with Gasteiger partial charge in [-0.2, -0.15) is 0 Å². The second-order valence-electron chi connectivity index (χ2n) is 5.74. The molecule has 1 fully saturated rings. The Morgan fingerprint density at radius 2 is 1.94 bits per heavy atom. The monoisotopic (exact) mass is 256 g/mol. The molecule has 3 unspecified atom stereocenters. The highest BCUT2D eigenvalue weighted by Crippen LogP contribution is 2.33. The van der Waals surface area contributed by atoms with Gasteiger partial charge in [0.25, 0.3) is 0 Å². The lowest BCUT2D eigenvalue weighted by Crippen LogP contribution is -2.55. The molecule has 0 bridgehead atoms. The normalized spacial score (nSPS) is 27.9. The van der Waals surface area contributed by atoms with Crippen molar-refractivity contribution in [1.82, 2.24) is 10.6 Å². The fourth-order valence-electron chi connectivity index (χ4n) is 2.57. The third-order valence-electron chi connectivity index (χ3n) is 4.03. The van der Waals surface area contributed by atoms with Crippen molar-refractivity contribution < 1.29 is 14.7 Å². The Bertz CT molecular complexity index is 328. The molecule has 3 atom stereocenters. The third-order valence-corrected chi connectivity index (χ3v) is 4.03. The number of urea groups is 1. The molecule has 0 aromatic carbocycles. The van der Waals surface area contributed by atoms with E-state index in [2.05, 4.69) is 24.5 Å². The van der Waals surface area contributed by atoms with Crippen LogP contribution in [0.5, 0.6) is 0 Å². The van der Waals surface area contributed by atoms with Gasteiger partial charge in [0.2, 0.25) is 0 Å². The Kier molecular flexibility index (Phi) is 4.59. The smallest absolute Gasteiger partial charge is 0.328 e. The van der Waals surface area contributed by atoms with Crippen molar-refractivity contribution in [3.05, 3.63) is 0 Å². The van der Waals surface area contributed by atoms with Gasteiger partial charge >= 0.3 is 12.0 Å². The second kappa shape index (κ2) is 5.59. The SMILES string of the molecule is CCC1CCC(NC(=O)NC(C)(C)C(=O)O)C1C. The lowest BCUT2D eigenvalue weighted by Gasteiger charge is -2.25. The minimum Gasteiger partial charge on any atom is -0.480 e. The molecule has 5 nitrogen and oxygen atoms in total. The first kappa shape index (κ1) is 14.8. The Morgan fingerprint density at radius 1 is 1.33 bits per heavy atom. The Balaban J connectivity index is 2.49. The summed E-state index contributed by atoms with van der Waals surface area (Å²) in [6.07, 6.45) is 3.23. The van der Waals surface area contributed by atoms with E-state index < -0.39 is 17.5 Å². The first-order valence-corrected chi connectivity index (χ1v) is 6.60. The van der Waals surface area contributed by atoms with Crippen molar-refractivity contribution in [3.8, 4) is 0 Å². The van der Waals surface area contributed by atoms with Gasteiger partial charge in [-0.1, -0.05) is 20.3 Å². The van der Waals surface area contributed by atoms with E-state index in [1.165, 1.54) is 13.8 Å². The number of rotatable bonds is 4. The van der Waals surface area contributed by atoms with Crippen molar-refractivity contribution in [2.24, 2.45) is 11.8 Å². The van der Waals surface area contributed by atoms with Crippen LogP contribution >= 0.6 is 0 Å². The molecule has 1 aliphatic carbocycles.